The summed E-state index contributed by atoms with van der Waals surface area (Å²) in [4.78, 5) is 0. The minimum absolute atomic E-state index is 0. The van der Waals surface area contributed by atoms with Crippen LogP contribution in [0, 0.1) is 0 Å². The predicted octanol–water partition coefficient (Wildman–Crippen LogP) is -0.639. The molecule has 12 heavy (non-hydrogen) atoms. The van der Waals surface area contributed by atoms with Crippen molar-refractivity contribution in [2.45, 2.75) is 0 Å². The van der Waals surface area contributed by atoms with E-state index in [4.69, 9.17) is 10.0 Å². The van der Waals surface area contributed by atoms with E-state index in [1.165, 1.54) is 0 Å². The van der Waals surface area contributed by atoms with Crippen molar-refractivity contribution in [1.29, 1.82) is 0 Å². The molecule has 0 saturated heterocycles. The Morgan fingerprint density at radius 1 is 1.17 bits per heavy atom. The fourth-order valence-electron chi connectivity index (χ4n) is 0.804. The molecule has 58 valence electrons. The topological polar surface area (TPSA) is 40.5 Å². The molecule has 1 rings (SSSR count). The molecule has 2 N–H and O–H groups in total. The van der Waals surface area contributed by atoms with Crippen LogP contribution in [0.3, 0.4) is 0 Å². The van der Waals surface area contributed by atoms with Crippen LogP contribution in [0.5, 0.6) is 0 Å². The molecule has 0 atom stereocenters. The zero-order valence-corrected chi connectivity index (χ0v) is 6.07. The molecule has 2 nitrogen and oxygen atoms in total. The van der Waals surface area contributed by atoms with Gasteiger partial charge in [-0.25, -0.2) is 0 Å². The van der Waals surface area contributed by atoms with E-state index in [1.54, 1.807) is 30.3 Å². The maximum absolute atomic E-state index is 8.72. The van der Waals surface area contributed by atoms with E-state index in [9.17, 15) is 0 Å². The molecule has 0 aliphatic rings. The summed E-state index contributed by atoms with van der Waals surface area (Å²) in [6.45, 7) is 3.58. The zero-order chi connectivity index (χ0) is 8.27. The second kappa shape index (κ2) is 6.10. The molecule has 0 spiro atoms. The number of rotatable bonds is 2. The van der Waals surface area contributed by atoms with Crippen LogP contribution in [0.4, 0.5) is 0 Å². The van der Waals surface area contributed by atoms with Gasteiger partial charge in [0.2, 0.25) is 0 Å². The number of benzene rings is 1. The Kier molecular flexibility index (Phi) is 6.39. The molecule has 0 fully saturated rings. The van der Waals surface area contributed by atoms with Gasteiger partial charge < -0.3 is 10.0 Å². The third kappa shape index (κ3) is 3.53. The average Bonchev–Trinajstić information content (AvgIpc) is 2.05. The summed E-state index contributed by atoms with van der Waals surface area (Å²) < 4.78 is 0. The average molecular weight is 188 g/mol. The van der Waals surface area contributed by atoms with Crippen molar-refractivity contribution in [3.05, 3.63) is 36.4 Å². The molecule has 0 aliphatic heterocycles. The van der Waals surface area contributed by atoms with Gasteiger partial charge in [0.25, 0.3) is 0 Å². The molecule has 0 aliphatic carbocycles. The van der Waals surface area contributed by atoms with Crippen LogP contribution in [0.25, 0.3) is 6.08 Å². The van der Waals surface area contributed by atoms with Gasteiger partial charge in [0.05, 0.1) is 0 Å². The molecule has 0 aromatic heterocycles. The standard InChI is InChI=1S/C8H9BO2.K.H/c1-2-7-3-5-8(6-4-7)9(10)11;;/h2-6,10-11H,1H2;;. The Bertz CT molecular complexity index is 246. The van der Waals surface area contributed by atoms with Gasteiger partial charge in [-0.05, 0) is 11.0 Å². The summed E-state index contributed by atoms with van der Waals surface area (Å²) >= 11 is 0. The third-order valence-corrected chi connectivity index (χ3v) is 1.47. The monoisotopic (exact) mass is 188 g/mol. The molecule has 0 bridgehead atoms. The molecule has 4 heteroatoms. The van der Waals surface area contributed by atoms with E-state index in [2.05, 4.69) is 6.58 Å². The molecule has 0 amide bonds. The van der Waals surface area contributed by atoms with Gasteiger partial charge >= 0.3 is 58.5 Å². The molecule has 0 unspecified atom stereocenters. The Balaban J connectivity index is 0.00000121. The Morgan fingerprint density at radius 3 is 2.00 bits per heavy atom. The first kappa shape index (κ1) is 12.6. The first-order chi connectivity index (χ1) is 5.24. The van der Waals surface area contributed by atoms with Gasteiger partial charge in [0, 0.05) is 0 Å². The Morgan fingerprint density at radius 2 is 1.67 bits per heavy atom. The van der Waals surface area contributed by atoms with Crippen molar-refractivity contribution in [2.75, 3.05) is 0 Å². The summed E-state index contributed by atoms with van der Waals surface area (Å²) in [7, 11) is -1.38. The zero-order valence-electron chi connectivity index (χ0n) is 6.07. The van der Waals surface area contributed by atoms with E-state index in [0.29, 0.717) is 5.46 Å². The third-order valence-electron chi connectivity index (χ3n) is 1.47. The molecular formula is C8H10BKO2. The second-order valence-corrected chi connectivity index (χ2v) is 2.24. The van der Waals surface area contributed by atoms with Gasteiger partial charge in [0.1, 0.15) is 0 Å². The SMILES string of the molecule is C=Cc1ccc(B(O)O)cc1.[KH]. The molecule has 1 aromatic rings. The van der Waals surface area contributed by atoms with E-state index in [-0.39, 0.29) is 51.4 Å². The van der Waals surface area contributed by atoms with E-state index in [0.717, 1.165) is 5.56 Å². The Labute approximate surface area is 115 Å². The second-order valence-electron chi connectivity index (χ2n) is 2.24. The van der Waals surface area contributed by atoms with Crippen LogP contribution in [0.1, 0.15) is 5.56 Å². The van der Waals surface area contributed by atoms with Gasteiger partial charge in [-0.2, -0.15) is 0 Å². The van der Waals surface area contributed by atoms with E-state index < -0.39 is 7.12 Å². The summed E-state index contributed by atoms with van der Waals surface area (Å²) in [5, 5.41) is 17.4. The van der Waals surface area contributed by atoms with Crippen molar-refractivity contribution in [3.8, 4) is 0 Å². The van der Waals surface area contributed by atoms with Gasteiger partial charge in [-0.15, -0.1) is 0 Å². The van der Waals surface area contributed by atoms with Crippen LogP contribution in [0.15, 0.2) is 30.8 Å². The van der Waals surface area contributed by atoms with Gasteiger partial charge in [-0.1, -0.05) is 36.9 Å². The van der Waals surface area contributed by atoms with E-state index >= 15 is 0 Å². The first-order valence-electron chi connectivity index (χ1n) is 3.32. The number of hydrogen-bond acceptors (Lipinski definition) is 2. The van der Waals surface area contributed by atoms with Crippen molar-refractivity contribution >= 4 is 70.0 Å². The Hall–Kier alpha value is 0.581. The minimum atomic E-state index is -1.38. The molecule has 0 radical (unpaired) electrons. The summed E-state index contributed by atoms with van der Waals surface area (Å²) in [6, 6.07) is 6.87. The molecule has 1 aromatic carbocycles. The van der Waals surface area contributed by atoms with Gasteiger partial charge in [0.15, 0.2) is 0 Å². The van der Waals surface area contributed by atoms with Crippen LogP contribution >= 0.6 is 0 Å². The van der Waals surface area contributed by atoms with Crippen molar-refractivity contribution in [1.82, 2.24) is 0 Å². The quantitative estimate of drug-likeness (QED) is 0.606. The molecule has 0 heterocycles. The van der Waals surface area contributed by atoms with Crippen LogP contribution in [0.2, 0.25) is 0 Å². The van der Waals surface area contributed by atoms with Crippen LogP contribution < -0.4 is 5.46 Å². The van der Waals surface area contributed by atoms with Gasteiger partial charge in [-0.3, -0.25) is 0 Å². The summed E-state index contributed by atoms with van der Waals surface area (Å²) in [5.74, 6) is 0. The van der Waals surface area contributed by atoms with Crippen molar-refractivity contribution < 1.29 is 10.0 Å². The summed E-state index contributed by atoms with van der Waals surface area (Å²) in [6.07, 6.45) is 1.70. The molecular weight excluding hydrogens is 178 g/mol. The summed E-state index contributed by atoms with van der Waals surface area (Å²) in [5.41, 5.74) is 1.46. The van der Waals surface area contributed by atoms with Crippen molar-refractivity contribution in [2.24, 2.45) is 0 Å². The normalized spacial score (nSPS) is 8.50. The number of hydrogen-bond donors (Lipinski definition) is 2. The fourth-order valence-corrected chi connectivity index (χ4v) is 0.804. The first-order valence-corrected chi connectivity index (χ1v) is 3.32. The predicted molar refractivity (Wildman–Crippen MR) is 53.5 cm³/mol. The van der Waals surface area contributed by atoms with E-state index in [1.807, 2.05) is 0 Å². The van der Waals surface area contributed by atoms with Crippen LogP contribution in [-0.2, 0) is 0 Å². The van der Waals surface area contributed by atoms with Crippen LogP contribution in [-0.4, -0.2) is 68.6 Å². The fraction of sp³-hybridized carbons (Fsp3) is 0. The molecule has 0 saturated carbocycles. The maximum atomic E-state index is 8.72. The van der Waals surface area contributed by atoms with Crippen molar-refractivity contribution in [3.63, 3.8) is 0 Å².